The molecule has 0 radical (unpaired) electrons. The van der Waals surface area contributed by atoms with Crippen molar-refractivity contribution in [3.8, 4) is 0 Å². The Kier molecular flexibility index (Phi) is 2.39. The summed E-state index contributed by atoms with van der Waals surface area (Å²) in [5, 5.41) is 10.2. The molecule has 4 fully saturated rings. The van der Waals surface area contributed by atoms with Crippen LogP contribution in [0.4, 0.5) is 0 Å². The lowest BCUT2D eigenvalue weighted by Gasteiger charge is -2.30. The van der Waals surface area contributed by atoms with Gasteiger partial charge in [-0.15, -0.1) is 0 Å². The first kappa shape index (κ1) is 12.2. The molecule has 4 nitrogen and oxygen atoms in total. The van der Waals surface area contributed by atoms with Gasteiger partial charge in [0, 0.05) is 11.8 Å². The molecular weight excluding hydrogens is 244 g/mol. The number of carbonyl (C=O) groups is 1. The second kappa shape index (κ2) is 3.73. The predicted octanol–water partition coefficient (Wildman–Crippen LogP) is 1.36. The van der Waals surface area contributed by atoms with E-state index in [4.69, 9.17) is 9.47 Å². The summed E-state index contributed by atoms with van der Waals surface area (Å²) in [5.74, 6) is 1.12. The third kappa shape index (κ3) is 1.50. The van der Waals surface area contributed by atoms with Crippen LogP contribution in [0.5, 0.6) is 0 Å². The number of aliphatic hydroxyl groups is 1. The molecule has 8 unspecified atom stereocenters. The molecule has 2 saturated carbocycles. The Balaban J connectivity index is 1.73. The number of hydrogen-bond donors (Lipinski definition) is 1. The normalized spacial score (nSPS) is 59.5. The Morgan fingerprint density at radius 3 is 2.79 bits per heavy atom. The van der Waals surface area contributed by atoms with Gasteiger partial charge < -0.3 is 14.6 Å². The molecular formula is C15H22O4. The van der Waals surface area contributed by atoms with E-state index in [1.165, 1.54) is 0 Å². The van der Waals surface area contributed by atoms with Crippen molar-refractivity contribution in [2.24, 2.45) is 29.6 Å². The Labute approximate surface area is 113 Å². The van der Waals surface area contributed by atoms with Crippen molar-refractivity contribution in [3.63, 3.8) is 0 Å². The smallest absolute Gasteiger partial charge is 0.309 e. The van der Waals surface area contributed by atoms with E-state index in [0.29, 0.717) is 11.8 Å². The van der Waals surface area contributed by atoms with Crippen LogP contribution in [0.3, 0.4) is 0 Å². The molecule has 2 aliphatic heterocycles. The fourth-order valence-electron chi connectivity index (χ4n) is 4.96. The Morgan fingerprint density at radius 1 is 1.37 bits per heavy atom. The largest absolute Gasteiger partial charge is 0.462 e. The third-order valence-electron chi connectivity index (χ3n) is 6.33. The number of hydrogen-bond acceptors (Lipinski definition) is 4. The van der Waals surface area contributed by atoms with E-state index in [0.717, 1.165) is 25.9 Å². The average molecular weight is 266 g/mol. The fraction of sp³-hybridized carbons (Fsp3) is 0.933. The van der Waals surface area contributed by atoms with E-state index >= 15 is 0 Å². The van der Waals surface area contributed by atoms with Crippen LogP contribution < -0.4 is 0 Å². The van der Waals surface area contributed by atoms with Crippen LogP contribution in [0.15, 0.2) is 0 Å². The minimum absolute atomic E-state index is 0.00299. The Morgan fingerprint density at radius 2 is 2.11 bits per heavy atom. The van der Waals surface area contributed by atoms with Crippen LogP contribution in [-0.2, 0) is 14.3 Å². The SMILES string of the molecule is CC1C(=O)OC2C1CCC1(CO1)C1CC(O)C(C)C21. The fourth-order valence-corrected chi connectivity index (χ4v) is 4.96. The molecule has 1 spiro atoms. The van der Waals surface area contributed by atoms with Gasteiger partial charge in [-0.1, -0.05) is 13.8 Å². The molecule has 0 aromatic rings. The molecule has 4 rings (SSSR count). The molecule has 4 heteroatoms. The maximum Gasteiger partial charge on any atom is 0.309 e. The van der Waals surface area contributed by atoms with Gasteiger partial charge in [-0.05, 0) is 31.1 Å². The summed E-state index contributed by atoms with van der Waals surface area (Å²) >= 11 is 0. The zero-order valence-electron chi connectivity index (χ0n) is 11.5. The second-order valence-corrected chi connectivity index (χ2v) is 7.09. The second-order valence-electron chi connectivity index (χ2n) is 7.09. The molecule has 2 aliphatic carbocycles. The van der Waals surface area contributed by atoms with Crippen molar-refractivity contribution >= 4 is 5.97 Å². The maximum absolute atomic E-state index is 11.9. The van der Waals surface area contributed by atoms with Crippen LogP contribution in [0.2, 0.25) is 0 Å². The predicted molar refractivity (Wildman–Crippen MR) is 67.2 cm³/mol. The lowest BCUT2D eigenvalue weighted by molar-refractivity contribution is -0.147. The number of rotatable bonds is 0. The van der Waals surface area contributed by atoms with Crippen LogP contribution in [0, 0.1) is 29.6 Å². The Hall–Kier alpha value is -0.610. The standard InChI is InChI=1S/C15H22O4/c1-7-9-3-4-15(6-18-15)10-5-11(16)8(2)12(10)13(9)19-14(7)17/h7-13,16H,3-6H2,1-2H3. The highest BCUT2D eigenvalue weighted by Crippen LogP contribution is 2.59. The highest BCUT2D eigenvalue weighted by Gasteiger charge is 2.65. The molecule has 0 aromatic carbocycles. The quantitative estimate of drug-likeness (QED) is 0.531. The molecule has 19 heavy (non-hydrogen) atoms. The van der Waals surface area contributed by atoms with E-state index in [-0.39, 0.29) is 41.5 Å². The number of ether oxygens (including phenoxy) is 2. The monoisotopic (exact) mass is 266 g/mol. The van der Waals surface area contributed by atoms with Crippen molar-refractivity contribution in [2.75, 3.05) is 6.61 Å². The highest BCUT2D eigenvalue weighted by atomic mass is 16.6. The molecule has 0 amide bonds. The number of epoxide rings is 1. The topological polar surface area (TPSA) is 59.1 Å². The van der Waals surface area contributed by atoms with Crippen LogP contribution in [0.1, 0.15) is 33.1 Å². The van der Waals surface area contributed by atoms with E-state index in [1.807, 2.05) is 6.92 Å². The number of aliphatic hydroxyl groups excluding tert-OH is 1. The van der Waals surface area contributed by atoms with Gasteiger partial charge in [0.25, 0.3) is 0 Å². The molecule has 2 heterocycles. The zero-order valence-corrected chi connectivity index (χ0v) is 11.5. The van der Waals surface area contributed by atoms with E-state index < -0.39 is 0 Å². The van der Waals surface area contributed by atoms with E-state index in [2.05, 4.69) is 6.92 Å². The summed E-state index contributed by atoms with van der Waals surface area (Å²) < 4.78 is 11.5. The van der Waals surface area contributed by atoms with Crippen molar-refractivity contribution in [2.45, 2.75) is 50.9 Å². The molecule has 106 valence electrons. The van der Waals surface area contributed by atoms with Gasteiger partial charge in [-0.2, -0.15) is 0 Å². The number of fused-ring (bicyclic) bond motifs is 4. The van der Waals surface area contributed by atoms with Crippen molar-refractivity contribution in [3.05, 3.63) is 0 Å². The average Bonchev–Trinajstić information content (AvgIpc) is 3.06. The highest BCUT2D eigenvalue weighted by molar-refractivity contribution is 5.75. The van der Waals surface area contributed by atoms with Crippen LogP contribution in [0.25, 0.3) is 0 Å². The summed E-state index contributed by atoms with van der Waals surface area (Å²) in [6, 6.07) is 0. The van der Waals surface area contributed by atoms with Gasteiger partial charge in [0.2, 0.25) is 0 Å². The maximum atomic E-state index is 11.9. The molecule has 1 N–H and O–H groups in total. The molecule has 8 atom stereocenters. The summed E-state index contributed by atoms with van der Waals surface area (Å²) in [4.78, 5) is 11.9. The third-order valence-corrected chi connectivity index (χ3v) is 6.33. The van der Waals surface area contributed by atoms with Gasteiger partial charge >= 0.3 is 5.97 Å². The molecule has 0 bridgehead atoms. The lowest BCUT2D eigenvalue weighted by Crippen LogP contribution is -2.36. The minimum Gasteiger partial charge on any atom is -0.462 e. The zero-order chi connectivity index (χ0) is 13.4. The van der Waals surface area contributed by atoms with Crippen molar-refractivity contribution < 1.29 is 19.4 Å². The molecule has 2 saturated heterocycles. The Bertz CT molecular complexity index is 416. The van der Waals surface area contributed by atoms with Crippen molar-refractivity contribution in [1.82, 2.24) is 0 Å². The molecule has 4 aliphatic rings. The number of carbonyl (C=O) groups excluding carboxylic acids is 1. The first-order chi connectivity index (χ1) is 9.03. The number of esters is 1. The van der Waals surface area contributed by atoms with Crippen LogP contribution in [-0.4, -0.2) is 35.5 Å². The van der Waals surface area contributed by atoms with Crippen molar-refractivity contribution in [1.29, 1.82) is 0 Å². The summed E-state index contributed by atoms with van der Waals surface area (Å²) in [6.07, 6.45) is 2.58. The minimum atomic E-state index is -0.274. The van der Waals surface area contributed by atoms with Gasteiger partial charge in [-0.25, -0.2) is 0 Å². The van der Waals surface area contributed by atoms with E-state index in [9.17, 15) is 9.90 Å². The molecule has 0 aromatic heterocycles. The van der Waals surface area contributed by atoms with E-state index in [1.54, 1.807) is 0 Å². The van der Waals surface area contributed by atoms with Gasteiger partial charge in [0.05, 0.1) is 24.2 Å². The van der Waals surface area contributed by atoms with Gasteiger partial charge in [-0.3, -0.25) is 4.79 Å². The summed E-state index contributed by atoms with van der Waals surface area (Å²) in [5.41, 5.74) is -0.00707. The lowest BCUT2D eigenvalue weighted by atomic mass is 9.77. The first-order valence-electron chi connectivity index (χ1n) is 7.56. The van der Waals surface area contributed by atoms with Gasteiger partial charge in [0.15, 0.2) is 0 Å². The van der Waals surface area contributed by atoms with Crippen LogP contribution >= 0.6 is 0 Å². The summed E-state index contributed by atoms with van der Waals surface area (Å²) in [6.45, 7) is 4.92. The first-order valence-corrected chi connectivity index (χ1v) is 7.56. The van der Waals surface area contributed by atoms with Gasteiger partial charge in [0.1, 0.15) is 6.10 Å². The summed E-state index contributed by atoms with van der Waals surface area (Å²) in [7, 11) is 0.